The number of amides is 2. The number of nitrogens with one attached hydrogen (secondary N) is 2. The van der Waals surface area contributed by atoms with Gasteiger partial charge in [0.1, 0.15) is 6.04 Å². The van der Waals surface area contributed by atoms with E-state index in [1.54, 1.807) is 31.2 Å². The monoisotopic (exact) mass is 342 g/mol. The van der Waals surface area contributed by atoms with Crippen LogP contribution < -0.4 is 10.6 Å². The van der Waals surface area contributed by atoms with Gasteiger partial charge in [-0.15, -0.1) is 0 Å². The molecule has 0 radical (unpaired) electrons. The van der Waals surface area contributed by atoms with Gasteiger partial charge >= 0.3 is 5.97 Å². The minimum atomic E-state index is -1.10. The highest BCUT2D eigenvalue weighted by Crippen LogP contribution is 2.10. The Morgan fingerprint density at radius 2 is 1.85 bits per heavy atom. The van der Waals surface area contributed by atoms with E-state index >= 15 is 0 Å². The van der Waals surface area contributed by atoms with Crippen LogP contribution in [0.2, 0.25) is 0 Å². The molecule has 0 aliphatic rings. The first kappa shape index (κ1) is 16.2. The maximum atomic E-state index is 11.7. The van der Waals surface area contributed by atoms with Gasteiger partial charge in [-0.3, -0.25) is 9.59 Å². The molecule has 0 bridgehead atoms. The second kappa shape index (κ2) is 7.64. The molecule has 1 aromatic rings. The minimum absolute atomic E-state index is 0.265. The minimum Gasteiger partial charge on any atom is -0.480 e. The molecule has 1 atom stereocenters. The van der Waals surface area contributed by atoms with E-state index in [2.05, 4.69) is 26.6 Å². The molecule has 0 unspecified atom stereocenters. The van der Waals surface area contributed by atoms with Gasteiger partial charge in [-0.25, -0.2) is 4.79 Å². The number of benzene rings is 1. The third-order valence-electron chi connectivity index (χ3n) is 2.56. The molecular formula is C13H15BrN2O4. The van der Waals surface area contributed by atoms with Gasteiger partial charge in [-0.2, -0.15) is 0 Å². The molecule has 6 nitrogen and oxygen atoms in total. The number of halogens is 1. The summed E-state index contributed by atoms with van der Waals surface area (Å²) in [6.45, 7) is 1.39. The van der Waals surface area contributed by atoms with Crippen molar-refractivity contribution in [3.05, 3.63) is 34.3 Å². The number of hydrogen-bond acceptors (Lipinski definition) is 3. The maximum Gasteiger partial charge on any atom is 0.326 e. The lowest BCUT2D eigenvalue weighted by atomic mass is 10.2. The summed E-state index contributed by atoms with van der Waals surface area (Å²) in [4.78, 5) is 34.0. The molecule has 1 aromatic carbocycles. The Bertz CT molecular complexity index is 502. The van der Waals surface area contributed by atoms with Gasteiger partial charge in [0.15, 0.2) is 0 Å². The average molecular weight is 343 g/mol. The van der Waals surface area contributed by atoms with E-state index < -0.39 is 23.8 Å². The molecule has 0 aliphatic carbocycles. The molecule has 0 spiro atoms. The summed E-state index contributed by atoms with van der Waals surface area (Å²) in [5.74, 6) is -2.03. The fourth-order valence-electron chi connectivity index (χ4n) is 1.45. The van der Waals surface area contributed by atoms with Crippen molar-refractivity contribution >= 4 is 33.7 Å². The Kier molecular flexibility index (Phi) is 6.17. The van der Waals surface area contributed by atoms with Gasteiger partial charge < -0.3 is 15.7 Å². The number of carbonyl (C=O) groups is 3. The van der Waals surface area contributed by atoms with Crippen molar-refractivity contribution < 1.29 is 19.5 Å². The lowest BCUT2D eigenvalue weighted by Crippen LogP contribution is -2.45. The summed E-state index contributed by atoms with van der Waals surface area (Å²) in [5.41, 5.74) is 0.422. The molecule has 1 rings (SSSR count). The van der Waals surface area contributed by atoms with Crippen molar-refractivity contribution in [2.24, 2.45) is 0 Å². The van der Waals surface area contributed by atoms with Crippen molar-refractivity contribution in [3.8, 4) is 0 Å². The molecule has 0 saturated carbocycles. The number of aliphatic carboxylic acids is 1. The van der Waals surface area contributed by atoms with Crippen LogP contribution in [0.25, 0.3) is 0 Å². The largest absolute Gasteiger partial charge is 0.480 e. The summed E-state index contributed by atoms with van der Waals surface area (Å²) in [6.07, 6.45) is 0.279. The van der Waals surface area contributed by atoms with Crippen LogP contribution >= 0.6 is 15.9 Å². The zero-order chi connectivity index (χ0) is 15.1. The van der Waals surface area contributed by atoms with Crippen LogP contribution in [0.3, 0.4) is 0 Å². The molecule has 0 fully saturated rings. The topological polar surface area (TPSA) is 95.5 Å². The van der Waals surface area contributed by atoms with Crippen molar-refractivity contribution in [3.63, 3.8) is 0 Å². The highest BCUT2D eigenvalue weighted by atomic mass is 79.9. The van der Waals surface area contributed by atoms with Crippen LogP contribution in [0.4, 0.5) is 0 Å². The summed E-state index contributed by atoms with van der Waals surface area (Å²) in [5, 5.41) is 13.5. The normalized spacial score (nSPS) is 11.5. The van der Waals surface area contributed by atoms with E-state index in [0.717, 1.165) is 4.47 Å². The zero-order valence-electron chi connectivity index (χ0n) is 10.9. The van der Waals surface area contributed by atoms with Gasteiger partial charge in [0.2, 0.25) is 5.91 Å². The van der Waals surface area contributed by atoms with Crippen molar-refractivity contribution in [2.75, 3.05) is 6.54 Å². The predicted molar refractivity (Wildman–Crippen MR) is 76.3 cm³/mol. The maximum absolute atomic E-state index is 11.7. The van der Waals surface area contributed by atoms with Crippen molar-refractivity contribution in [2.45, 2.75) is 19.4 Å². The third-order valence-corrected chi connectivity index (χ3v) is 3.09. The molecule has 7 heteroatoms. The van der Waals surface area contributed by atoms with Crippen LogP contribution in [0, 0.1) is 0 Å². The van der Waals surface area contributed by atoms with Gasteiger partial charge in [0.05, 0.1) is 6.54 Å². The number of hydrogen-bond donors (Lipinski definition) is 3. The smallest absolute Gasteiger partial charge is 0.326 e. The molecule has 20 heavy (non-hydrogen) atoms. The molecule has 108 valence electrons. The molecule has 0 heterocycles. The van der Waals surface area contributed by atoms with E-state index in [1.807, 2.05) is 0 Å². The van der Waals surface area contributed by atoms with E-state index in [1.165, 1.54) is 0 Å². The van der Waals surface area contributed by atoms with E-state index in [-0.39, 0.29) is 13.0 Å². The molecule has 3 N–H and O–H groups in total. The zero-order valence-corrected chi connectivity index (χ0v) is 12.4. The van der Waals surface area contributed by atoms with Gasteiger partial charge in [0, 0.05) is 10.0 Å². The summed E-state index contributed by atoms with van der Waals surface area (Å²) < 4.78 is 0.846. The number of carboxylic acid groups (broad SMARTS) is 1. The van der Waals surface area contributed by atoms with Crippen LogP contribution in [0.1, 0.15) is 23.7 Å². The van der Waals surface area contributed by atoms with E-state index in [4.69, 9.17) is 5.11 Å². The summed E-state index contributed by atoms with van der Waals surface area (Å²) in [6, 6.07) is 5.72. The predicted octanol–water partition coefficient (Wildman–Crippen LogP) is 1.16. The third kappa shape index (κ3) is 5.00. The summed E-state index contributed by atoms with van der Waals surface area (Å²) in [7, 11) is 0. The highest BCUT2D eigenvalue weighted by Gasteiger charge is 2.17. The SMILES string of the molecule is CC[C@H](NC(=O)CNC(=O)c1ccc(Br)cc1)C(=O)O. The number of carbonyl (C=O) groups excluding carboxylic acids is 2. The Balaban J connectivity index is 2.46. The highest BCUT2D eigenvalue weighted by molar-refractivity contribution is 9.10. The van der Waals surface area contributed by atoms with Gasteiger partial charge in [-0.05, 0) is 30.7 Å². The Hall–Kier alpha value is -1.89. The van der Waals surface area contributed by atoms with Crippen LogP contribution in [-0.4, -0.2) is 35.5 Å². The Labute approximate surface area is 124 Å². The second-order valence-corrected chi connectivity index (χ2v) is 4.97. The fourth-order valence-corrected chi connectivity index (χ4v) is 1.71. The first-order chi connectivity index (χ1) is 9.43. The lowest BCUT2D eigenvalue weighted by Gasteiger charge is -2.12. The molecular weight excluding hydrogens is 328 g/mol. The van der Waals surface area contributed by atoms with Crippen LogP contribution in [0.15, 0.2) is 28.7 Å². The lowest BCUT2D eigenvalue weighted by molar-refractivity contribution is -0.141. The van der Waals surface area contributed by atoms with E-state index in [0.29, 0.717) is 5.56 Å². The fraction of sp³-hybridized carbons (Fsp3) is 0.308. The standard InChI is InChI=1S/C13H15BrN2O4/c1-2-10(13(19)20)16-11(17)7-15-12(18)8-3-5-9(14)6-4-8/h3-6,10H,2,7H2,1H3,(H,15,18)(H,16,17)(H,19,20)/t10-/m0/s1. The average Bonchev–Trinajstić information content (AvgIpc) is 2.42. The number of rotatable bonds is 6. The van der Waals surface area contributed by atoms with Crippen molar-refractivity contribution in [1.82, 2.24) is 10.6 Å². The molecule has 2 amide bonds. The van der Waals surface area contributed by atoms with E-state index in [9.17, 15) is 14.4 Å². The van der Waals surface area contributed by atoms with Crippen LogP contribution in [0.5, 0.6) is 0 Å². The molecule has 0 aromatic heterocycles. The first-order valence-corrected chi connectivity index (χ1v) is 6.79. The Morgan fingerprint density at radius 3 is 2.35 bits per heavy atom. The van der Waals surface area contributed by atoms with Gasteiger partial charge in [-0.1, -0.05) is 22.9 Å². The first-order valence-electron chi connectivity index (χ1n) is 6.00. The van der Waals surface area contributed by atoms with Gasteiger partial charge in [0.25, 0.3) is 5.91 Å². The second-order valence-electron chi connectivity index (χ2n) is 4.06. The molecule has 0 saturated heterocycles. The quantitative estimate of drug-likeness (QED) is 0.722. The Morgan fingerprint density at radius 1 is 1.25 bits per heavy atom. The number of carboxylic acids is 1. The molecule has 0 aliphatic heterocycles. The van der Waals surface area contributed by atoms with Crippen LogP contribution in [-0.2, 0) is 9.59 Å². The van der Waals surface area contributed by atoms with Crippen molar-refractivity contribution in [1.29, 1.82) is 0 Å². The summed E-state index contributed by atoms with van der Waals surface area (Å²) >= 11 is 3.25.